The van der Waals surface area contributed by atoms with Crippen LogP contribution in [0.2, 0.25) is 0 Å². The van der Waals surface area contributed by atoms with Crippen LogP contribution in [0.15, 0.2) is 42.9 Å². The largest absolute Gasteiger partial charge is 0.351 e. The topological polar surface area (TPSA) is 118 Å². The third kappa shape index (κ3) is 4.78. The Balaban J connectivity index is 1.18. The Morgan fingerprint density at radius 3 is 2.58 bits per heavy atom. The number of anilines is 1. The summed E-state index contributed by atoms with van der Waals surface area (Å²) in [5, 5.41) is 19.3. The van der Waals surface area contributed by atoms with E-state index >= 15 is 0 Å². The summed E-state index contributed by atoms with van der Waals surface area (Å²) in [7, 11) is 0. The predicted molar refractivity (Wildman–Crippen MR) is 143 cm³/mol. The third-order valence-electron chi connectivity index (χ3n) is 7.84. The first kappa shape index (κ1) is 24.3. The molecule has 0 fully saturated rings. The molecular weight excluding hydrogens is 478 g/mol. The average molecular weight is 512 g/mol. The molecule has 2 N–H and O–H groups in total. The Kier molecular flexibility index (Phi) is 6.61. The van der Waals surface area contributed by atoms with Crippen molar-refractivity contribution in [2.75, 3.05) is 11.9 Å². The van der Waals surface area contributed by atoms with E-state index in [2.05, 4.69) is 68.8 Å². The fourth-order valence-electron chi connectivity index (χ4n) is 5.66. The minimum absolute atomic E-state index is 0.0251. The molecule has 0 unspecified atom stereocenters. The van der Waals surface area contributed by atoms with Gasteiger partial charge in [0, 0.05) is 54.6 Å². The minimum atomic E-state index is 0.0251. The number of hydrogen-bond donors (Lipinski definition) is 2. The molecule has 1 aromatic carbocycles. The molecular formula is C28H33N9O. The monoisotopic (exact) mass is 511 g/mol. The number of aromatic nitrogens is 7. The second-order valence-electron chi connectivity index (χ2n) is 10.3. The number of hydrogen-bond acceptors (Lipinski definition) is 7. The Morgan fingerprint density at radius 1 is 1.13 bits per heavy atom. The van der Waals surface area contributed by atoms with Crippen LogP contribution in [0.25, 0.3) is 11.1 Å². The maximum Gasteiger partial charge on any atom is 0.244 e. The van der Waals surface area contributed by atoms with Gasteiger partial charge >= 0.3 is 0 Å². The zero-order chi connectivity index (χ0) is 26.1. The van der Waals surface area contributed by atoms with Crippen LogP contribution in [-0.4, -0.2) is 58.6 Å². The quantitative estimate of drug-likeness (QED) is 0.372. The van der Waals surface area contributed by atoms with Crippen LogP contribution in [0.3, 0.4) is 0 Å². The van der Waals surface area contributed by atoms with E-state index in [1.165, 1.54) is 11.1 Å². The second-order valence-corrected chi connectivity index (χ2v) is 10.3. The highest BCUT2D eigenvalue weighted by Gasteiger charge is 2.26. The molecule has 6 rings (SSSR count). The van der Waals surface area contributed by atoms with Crippen LogP contribution in [0.4, 0.5) is 5.95 Å². The molecule has 2 aliphatic rings. The smallest absolute Gasteiger partial charge is 0.244 e. The Labute approximate surface area is 221 Å². The first-order valence-electron chi connectivity index (χ1n) is 13.5. The van der Waals surface area contributed by atoms with Crippen LogP contribution >= 0.6 is 0 Å². The van der Waals surface area contributed by atoms with Crippen molar-refractivity contribution in [3.63, 3.8) is 0 Å². The van der Waals surface area contributed by atoms with Crippen molar-refractivity contribution in [2.45, 2.75) is 71.0 Å². The van der Waals surface area contributed by atoms with E-state index in [1.807, 2.05) is 23.5 Å². The third-order valence-corrected chi connectivity index (χ3v) is 7.84. The molecule has 4 heterocycles. The lowest BCUT2D eigenvalue weighted by molar-refractivity contribution is -0.133. The summed E-state index contributed by atoms with van der Waals surface area (Å²) in [5.74, 6) is 0.955. The number of H-pyrrole nitrogens is 1. The molecule has 1 aliphatic heterocycles. The summed E-state index contributed by atoms with van der Waals surface area (Å²) in [6, 6.07) is 8.88. The van der Waals surface area contributed by atoms with E-state index < -0.39 is 0 Å². The van der Waals surface area contributed by atoms with E-state index in [0.717, 1.165) is 60.3 Å². The molecule has 0 radical (unpaired) electrons. The molecule has 0 bridgehead atoms. The van der Waals surface area contributed by atoms with Crippen LogP contribution in [0, 0.1) is 0 Å². The van der Waals surface area contributed by atoms with E-state index in [4.69, 9.17) is 5.10 Å². The Hall–Kier alpha value is -4.08. The lowest BCUT2D eigenvalue weighted by atomic mass is 9.94. The van der Waals surface area contributed by atoms with Gasteiger partial charge in [0.15, 0.2) is 0 Å². The highest BCUT2D eigenvalue weighted by molar-refractivity contribution is 5.76. The number of carbonyl (C=O) groups is 1. The molecule has 10 heteroatoms. The van der Waals surface area contributed by atoms with E-state index in [0.29, 0.717) is 31.0 Å². The zero-order valence-corrected chi connectivity index (χ0v) is 21.9. The van der Waals surface area contributed by atoms with Crippen molar-refractivity contribution in [1.82, 2.24) is 40.1 Å². The van der Waals surface area contributed by atoms with Gasteiger partial charge in [-0.05, 0) is 36.8 Å². The van der Waals surface area contributed by atoms with Crippen molar-refractivity contribution < 1.29 is 4.79 Å². The SMILES string of the molecule is CCC(CC)c1nn(CC(=O)N2CCc3[nH]nnc3C2)cc1-c1cnc(NC2Cc3ccccc3C2)nc1. The summed E-state index contributed by atoms with van der Waals surface area (Å²) in [4.78, 5) is 24.2. The van der Waals surface area contributed by atoms with Gasteiger partial charge < -0.3 is 10.2 Å². The van der Waals surface area contributed by atoms with E-state index in [-0.39, 0.29) is 12.5 Å². The molecule has 0 spiro atoms. The number of nitrogens with one attached hydrogen (secondary N) is 2. The second kappa shape index (κ2) is 10.4. The average Bonchev–Trinajstić information content (AvgIpc) is 3.67. The maximum atomic E-state index is 13.1. The Morgan fingerprint density at radius 2 is 1.87 bits per heavy atom. The number of benzene rings is 1. The van der Waals surface area contributed by atoms with Crippen LogP contribution < -0.4 is 5.32 Å². The molecule has 3 aromatic heterocycles. The highest BCUT2D eigenvalue weighted by atomic mass is 16.2. The van der Waals surface area contributed by atoms with Gasteiger partial charge in [0.2, 0.25) is 11.9 Å². The first-order valence-corrected chi connectivity index (χ1v) is 13.5. The summed E-state index contributed by atoms with van der Waals surface area (Å²) in [6.45, 7) is 5.66. The first-order chi connectivity index (χ1) is 18.6. The van der Waals surface area contributed by atoms with Crippen molar-refractivity contribution in [1.29, 1.82) is 0 Å². The number of aromatic amines is 1. The number of carbonyl (C=O) groups excluding carboxylic acids is 1. The van der Waals surface area contributed by atoms with Gasteiger partial charge in [-0.1, -0.05) is 43.3 Å². The molecule has 0 saturated carbocycles. The molecule has 10 nitrogen and oxygen atoms in total. The van der Waals surface area contributed by atoms with Gasteiger partial charge in [0.1, 0.15) is 12.2 Å². The molecule has 4 aromatic rings. The number of rotatable bonds is 8. The fourth-order valence-corrected chi connectivity index (χ4v) is 5.66. The molecule has 1 aliphatic carbocycles. The van der Waals surface area contributed by atoms with Crippen molar-refractivity contribution >= 4 is 11.9 Å². The predicted octanol–water partition coefficient (Wildman–Crippen LogP) is 3.53. The van der Waals surface area contributed by atoms with Crippen LogP contribution in [0.1, 0.15) is 60.8 Å². The van der Waals surface area contributed by atoms with E-state index in [9.17, 15) is 4.79 Å². The normalized spacial score (nSPS) is 15.1. The lowest BCUT2D eigenvalue weighted by Gasteiger charge is -2.25. The molecule has 0 saturated heterocycles. The van der Waals surface area contributed by atoms with Crippen molar-refractivity contribution in [2.24, 2.45) is 0 Å². The number of nitrogens with zero attached hydrogens (tertiary/aromatic N) is 7. The molecule has 196 valence electrons. The zero-order valence-electron chi connectivity index (χ0n) is 21.9. The van der Waals surface area contributed by atoms with Gasteiger partial charge in [0.05, 0.1) is 17.9 Å². The molecule has 0 atom stereocenters. The standard InChI is InChI=1S/C28H33N9O/c1-3-18(4-2)27-23(15-37(34-27)17-26(38)36-10-9-24-25(16-36)33-35-32-24)21-13-29-28(30-14-21)31-22-11-19-7-5-6-8-20(19)12-22/h5-8,13-15,18,22H,3-4,9-12,16-17H2,1-2H3,(H,29,30,31)(H,32,33,35). The van der Waals surface area contributed by atoms with Crippen LogP contribution in [0.5, 0.6) is 0 Å². The van der Waals surface area contributed by atoms with Gasteiger partial charge in [0.25, 0.3) is 0 Å². The molecule has 1 amide bonds. The molecule has 38 heavy (non-hydrogen) atoms. The summed E-state index contributed by atoms with van der Waals surface area (Å²) < 4.78 is 1.77. The summed E-state index contributed by atoms with van der Waals surface area (Å²) >= 11 is 0. The van der Waals surface area contributed by atoms with Gasteiger partial charge in [-0.2, -0.15) is 5.10 Å². The van der Waals surface area contributed by atoms with E-state index in [1.54, 1.807) is 4.68 Å². The highest BCUT2D eigenvalue weighted by Crippen LogP contribution is 2.32. The fraction of sp³-hybridized carbons (Fsp3) is 0.429. The summed E-state index contributed by atoms with van der Waals surface area (Å²) in [6.07, 6.45) is 10.3. The number of fused-ring (bicyclic) bond motifs is 2. The summed E-state index contributed by atoms with van der Waals surface area (Å²) in [5.41, 5.74) is 7.54. The lowest BCUT2D eigenvalue weighted by Crippen LogP contribution is -2.38. The van der Waals surface area contributed by atoms with Crippen molar-refractivity contribution in [3.8, 4) is 11.1 Å². The minimum Gasteiger partial charge on any atom is -0.351 e. The number of amides is 1. The van der Waals surface area contributed by atoms with Gasteiger partial charge in [-0.15, -0.1) is 5.10 Å². The van der Waals surface area contributed by atoms with Gasteiger partial charge in [-0.25, -0.2) is 9.97 Å². The van der Waals surface area contributed by atoms with Crippen molar-refractivity contribution in [3.05, 3.63) is 71.1 Å². The van der Waals surface area contributed by atoms with Gasteiger partial charge in [-0.3, -0.25) is 14.6 Å². The Bertz CT molecular complexity index is 1400. The maximum absolute atomic E-state index is 13.1. The van der Waals surface area contributed by atoms with Crippen LogP contribution in [-0.2, 0) is 37.1 Å².